The molecule has 0 radical (unpaired) electrons. The van der Waals surface area contributed by atoms with Gasteiger partial charge >= 0.3 is 0 Å². The van der Waals surface area contributed by atoms with Gasteiger partial charge in [-0.1, -0.05) is 35.9 Å². The molecule has 170 valence electrons. The van der Waals surface area contributed by atoms with Gasteiger partial charge in [-0.15, -0.1) is 0 Å². The van der Waals surface area contributed by atoms with Crippen LogP contribution in [0, 0.1) is 0 Å². The van der Waals surface area contributed by atoms with Crippen molar-refractivity contribution in [3.8, 4) is 11.1 Å². The van der Waals surface area contributed by atoms with Gasteiger partial charge in [-0.25, -0.2) is 9.97 Å². The highest BCUT2D eigenvalue weighted by Gasteiger charge is 2.51. The molecule has 0 aliphatic carbocycles. The molecule has 2 aromatic carbocycles. The molecule has 2 aromatic heterocycles. The molecule has 4 aromatic rings. The molecular weight excluding hydrogens is 466 g/mol. The standard InChI is InChI=1S/C26H22ClN5OS/c1-14(2)31-25(33)22-10-20-19-9-18(27)7-8-21(19)30-23(20)24(32(22)26(31)34)16-5-3-15(4-6-16)17-11-28-13-29-12-17/h3-9,11-14,22,24,30H,10H2,1-2H3. The zero-order chi connectivity index (χ0) is 23.6. The first-order valence-corrected chi connectivity index (χ1v) is 12.0. The number of benzene rings is 2. The molecule has 0 bridgehead atoms. The van der Waals surface area contributed by atoms with E-state index in [4.69, 9.17) is 23.8 Å². The van der Waals surface area contributed by atoms with E-state index in [0.717, 1.165) is 38.9 Å². The van der Waals surface area contributed by atoms with Crippen LogP contribution in [-0.4, -0.2) is 47.9 Å². The van der Waals surface area contributed by atoms with Crippen LogP contribution < -0.4 is 0 Å². The number of nitrogens with zero attached hydrogens (tertiary/aromatic N) is 4. The Morgan fingerprint density at radius 2 is 1.82 bits per heavy atom. The Balaban J connectivity index is 1.52. The van der Waals surface area contributed by atoms with E-state index in [0.29, 0.717) is 16.6 Å². The first-order chi connectivity index (χ1) is 16.4. The second-order valence-corrected chi connectivity index (χ2v) is 9.87. The Morgan fingerprint density at radius 3 is 2.53 bits per heavy atom. The summed E-state index contributed by atoms with van der Waals surface area (Å²) in [6, 6.07) is 13.6. The highest BCUT2D eigenvalue weighted by atomic mass is 35.5. The number of nitrogens with one attached hydrogen (secondary N) is 1. The van der Waals surface area contributed by atoms with Gasteiger partial charge in [0.15, 0.2) is 5.11 Å². The lowest BCUT2D eigenvalue weighted by Crippen LogP contribution is -2.44. The third-order valence-electron chi connectivity index (χ3n) is 6.77. The summed E-state index contributed by atoms with van der Waals surface area (Å²) in [6.45, 7) is 4.01. The van der Waals surface area contributed by atoms with Crippen molar-refractivity contribution in [2.75, 3.05) is 0 Å². The number of carbonyl (C=O) groups is 1. The van der Waals surface area contributed by atoms with E-state index >= 15 is 0 Å². The predicted molar refractivity (Wildman–Crippen MR) is 137 cm³/mol. The minimum absolute atomic E-state index is 0.00348. The van der Waals surface area contributed by atoms with E-state index in [2.05, 4.69) is 44.1 Å². The van der Waals surface area contributed by atoms with E-state index in [1.807, 2.05) is 32.0 Å². The number of thiocarbonyl (C=S) groups is 1. The number of halogens is 1. The van der Waals surface area contributed by atoms with Crippen molar-refractivity contribution >= 4 is 45.7 Å². The number of aromatic amines is 1. The number of rotatable bonds is 3. The molecule has 6 nitrogen and oxygen atoms in total. The summed E-state index contributed by atoms with van der Waals surface area (Å²) < 4.78 is 0. The molecule has 2 aliphatic heterocycles. The van der Waals surface area contributed by atoms with E-state index in [9.17, 15) is 4.79 Å². The number of H-pyrrole nitrogens is 1. The molecular formula is C26H22ClN5OS. The molecule has 2 unspecified atom stereocenters. The fourth-order valence-electron chi connectivity index (χ4n) is 5.24. The molecule has 1 amide bonds. The lowest BCUT2D eigenvalue weighted by atomic mass is 9.88. The van der Waals surface area contributed by atoms with Crippen molar-refractivity contribution in [3.63, 3.8) is 0 Å². The molecule has 8 heteroatoms. The molecule has 0 spiro atoms. The van der Waals surface area contributed by atoms with Crippen molar-refractivity contribution in [1.29, 1.82) is 0 Å². The fraction of sp³-hybridized carbons (Fsp3) is 0.231. The van der Waals surface area contributed by atoms with Crippen molar-refractivity contribution in [3.05, 3.63) is 83.0 Å². The van der Waals surface area contributed by atoms with E-state index < -0.39 is 0 Å². The smallest absolute Gasteiger partial charge is 0.252 e. The first-order valence-electron chi connectivity index (χ1n) is 11.2. The quantitative estimate of drug-likeness (QED) is 0.406. The number of amides is 1. The lowest BCUT2D eigenvalue weighted by molar-refractivity contribution is -0.129. The van der Waals surface area contributed by atoms with Crippen LogP contribution in [0.4, 0.5) is 0 Å². The minimum atomic E-state index is -0.340. The second kappa shape index (κ2) is 7.89. The number of aromatic nitrogens is 3. The Bertz CT molecular complexity index is 1430. The average molecular weight is 488 g/mol. The van der Waals surface area contributed by atoms with Crippen molar-refractivity contribution < 1.29 is 4.79 Å². The number of hydrogen-bond acceptors (Lipinski definition) is 4. The number of hydrogen-bond donors (Lipinski definition) is 1. The molecule has 0 saturated carbocycles. The summed E-state index contributed by atoms with van der Waals surface area (Å²) in [5, 5.41) is 2.32. The van der Waals surface area contributed by atoms with Crippen LogP contribution >= 0.6 is 23.8 Å². The van der Waals surface area contributed by atoms with E-state index in [-0.39, 0.29) is 24.0 Å². The van der Waals surface area contributed by atoms with Crippen LogP contribution in [0.1, 0.15) is 36.7 Å². The molecule has 34 heavy (non-hydrogen) atoms. The molecule has 4 heterocycles. The Hall–Kier alpha value is -3.29. The maximum absolute atomic E-state index is 13.5. The van der Waals surface area contributed by atoms with Crippen LogP contribution in [0.25, 0.3) is 22.0 Å². The summed E-state index contributed by atoms with van der Waals surface area (Å²) in [6.07, 6.45) is 5.71. The van der Waals surface area contributed by atoms with Gasteiger partial charge in [-0.2, -0.15) is 0 Å². The van der Waals surface area contributed by atoms with Crippen LogP contribution in [0.5, 0.6) is 0 Å². The fourth-order valence-corrected chi connectivity index (χ4v) is 5.95. The summed E-state index contributed by atoms with van der Waals surface area (Å²) in [5.41, 5.74) is 6.25. The third-order valence-corrected chi connectivity index (χ3v) is 7.41. The van der Waals surface area contributed by atoms with Crippen LogP contribution in [-0.2, 0) is 11.2 Å². The van der Waals surface area contributed by atoms with Gasteiger partial charge in [0.2, 0.25) is 0 Å². The highest BCUT2D eigenvalue weighted by molar-refractivity contribution is 7.80. The van der Waals surface area contributed by atoms with Crippen LogP contribution in [0.2, 0.25) is 5.02 Å². The van der Waals surface area contributed by atoms with Gasteiger partial charge < -0.3 is 9.88 Å². The third kappa shape index (κ3) is 3.15. The SMILES string of the molecule is CC(C)N1C(=O)C2Cc3c([nH]c4ccc(Cl)cc34)C(c3ccc(-c4cncnc4)cc3)N2C1=S. The number of fused-ring (bicyclic) bond motifs is 4. The Morgan fingerprint density at radius 1 is 1.09 bits per heavy atom. The maximum Gasteiger partial charge on any atom is 0.252 e. The monoisotopic (exact) mass is 487 g/mol. The van der Waals surface area contributed by atoms with Crippen molar-refractivity contribution in [1.82, 2.24) is 24.8 Å². The number of carbonyl (C=O) groups excluding carboxylic acids is 1. The average Bonchev–Trinajstić information content (AvgIpc) is 3.32. The lowest BCUT2D eigenvalue weighted by Gasteiger charge is -2.37. The van der Waals surface area contributed by atoms with Crippen LogP contribution in [0.15, 0.2) is 61.2 Å². The Labute approximate surface area is 207 Å². The van der Waals surface area contributed by atoms with E-state index in [1.165, 1.54) is 6.33 Å². The largest absolute Gasteiger partial charge is 0.356 e. The zero-order valence-corrected chi connectivity index (χ0v) is 20.3. The van der Waals surface area contributed by atoms with Crippen LogP contribution in [0.3, 0.4) is 0 Å². The van der Waals surface area contributed by atoms with Gasteiger partial charge in [-0.3, -0.25) is 9.69 Å². The van der Waals surface area contributed by atoms with Gasteiger partial charge in [0.25, 0.3) is 5.91 Å². The molecule has 2 atom stereocenters. The van der Waals surface area contributed by atoms with Crippen molar-refractivity contribution in [2.45, 2.75) is 38.4 Å². The maximum atomic E-state index is 13.5. The van der Waals surface area contributed by atoms with Gasteiger partial charge in [0, 0.05) is 52.0 Å². The van der Waals surface area contributed by atoms with Gasteiger partial charge in [-0.05, 0) is 61.0 Å². The molecule has 1 N–H and O–H groups in total. The normalized spacial score (nSPS) is 19.8. The minimum Gasteiger partial charge on any atom is -0.356 e. The van der Waals surface area contributed by atoms with Crippen molar-refractivity contribution in [2.24, 2.45) is 0 Å². The summed E-state index contributed by atoms with van der Waals surface area (Å²) in [4.78, 5) is 29.2. The topological polar surface area (TPSA) is 65.1 Å². The highest BCUT2D eigenvalue weighted by Crippen LogP contribution is 2.45. The molecule has 6 rings (SSSR count). The second-order valence-electron chi connectivity index (χ2n) is 9.07. The molecule has 1 saturated heterocycles. The predicted octanol–water partition coefficient (Wildman–Crippen LogP) is 5.13. The summed E-state index contributed by atoms with van der Waals surface area (Å²) in [5.74, 6) is 0.0603. The summed E-state index contributed by atoms with van der Waals surface area (Å²) in [7, 11) is 0. The zero-order valence-electron chi connectivity index (χ0n) is 18.7. The van der Waals surface area contributed by atoms with E-state index in [1.54, 1.807) is 17.3 Å². The molecule has 1 fully saturated rings. The summed E-state index contributed by atoms with van der Waals surface area (Å²) >= 11 is 12.2. The van der Waals surface area contributed by atoms with Gasteiger partial charge in [0.1, 0.15) is 12.4 Å². The van der Waals surface area contributed by atoms with Gasteiger partial charge in [0.05, 0.1) is 6.04 Å². The first kappa shape index (κ1) is 21.3. The Kier molecular flexibility index (Phi) is 4.93. The molecule has 2 aliphatic rings.